The molecule has 0 amide bonds. The molecule has 2 atom stereocenters. The van der Waals surface area contributed by atoms with Crippen molar-refractivity contribution in [1.29, 1.82) is 0 Å². The van der Waals surface area contributed by atoms with Gasteiger partial charge in [-0.3, -0.25) is 4.79 Å². The molecule has 0 saturated heterocycles. The van der Waals surface area contributed by atoms with E-state index in [-0.39, 0.29) is 0 Å². The maximum Gasteiger partial charge on any atom is 0.300 e. The number of rotatable bonds is 0. The van der Waals surface area contributed by atoms with Crippen molar-refractivity contribution in [2.75, 3.05) is 0 Å². The molecular formula is C9H14O3. The van der Waals surface area contributed by atoms with E-state index in [0.717, 1.165) is 19.3 Å². The van der Waals surface area contributed by atoms with Gasteiger partial charge in [0.25, 0.3) is 5.97 Å². The van der Waals surface area contributed by atoms with E-state index in [2.05, 4.69) is 0 Å². The van der Waals surface area contributed by atoms with Crippen LogP contribution in [0.15, 0.2) is 11.8 Å². The largest absolute Gasteiger partial charge is 0.512 e. The van der Waals surface area contributed by atoms with Crippen molar-refractivity contribution >= 4 is 5.97 Å². The maximum atomic E-state index is 9.08. The standard InChI is InChI=1S/C7H10O.C2H4O2/c8-7-3-1-2-5-4-6(5)7;1-2(3)4/h3,5-6,8H,1-2,4H2;1H3,(H,3,4). The summed E-state index contributed by atoms with van der Waals surface area (Å²) < 4.78 is 0. The van der Waals surface area contributed by atoms with Crippen molar-refractivity contribution in [2.24, 2.45) is 11.8 Å². The fourth-order valence-electron chi connectivity index (χ4n) is 1.53. The van der Waals surface area contributed by atoms with Gasteiger partial charge < -0.3 is 10.2 Å². The van der Waals surface area contributed by atoms with Gasteiger partial charge in [0.05, 0.1) is 5.76 Å². The van der Waals surface area contributed by atoms with Gasteiger partial charge in [0.2, 0.25) is 0 Å². The lowest BCUT2D eigenvalue weighted by Gasteiger charge is -2.03. The van der Waals surface area contributed by atoms with Crippen LogP contribution in [-0.4, -0.2) is 16.2 Å². The minimum atomic E-state index is -0.833. The third-order valence-corrected chi connectivity index (χ3v) is 2.19. The molecule has 2 aliphatic carbocycles. The van der Waals surface area contributed by atoms with Crippen LogP contribution in [0.5, 0.6) is 0 Å². The average Bonchev–Trinajstić information content (AvgIpc) is 2.65. The van der Waals surface area contributed by atoms with Crippen molar-refractivity contribution in [3.05, 3.63) is 11.8 Å². The summed E-state index contributed by atoms with van der Waals surface area (Å²) in [5.74, 6) is 1.28. The van der Waals surface area contributed by atoms with E-state index < -0.39 is 5.97 Å². The molecule has 2 N–H and O–H groups in total. The Kier molecular flexibility index (Phi) is 2.74. The van der Waals surface area contributed by atoms with Crippen molar-refractivity contribution in [3.8, 4) is 0 Å². The SMILES string of the molecule is CC(=O)O.OC1=CCCC2CC12. The van der Waals surface area contributed by atoms with E-state index >= 15 is 0 Å². The highest BCUT2D eigenvalue weighted by Crippen LogP contribution is 2.49. The molecule has 0 bridgehead atoms. The zero-order chi connectivity index (χ0) is 9.14. The van der Waals surface area contributed by atoms with Gasteiger partial charge >= 0.3 is 0 Å². The van der Waals surface area contributed by atoms with Crippen molar-refractivity contribution in [3.63, 3.8) is 0 Å². The van der Waals surface area contributed by atoms with Gasteiger partial charge in [-0.05, 0) is 31.3 Å². The van der Waals surface area contributed by atoms with Crippen molar-refractivity contribution in [2.45, 2.75) is 26.2 Å². The Morgan fingerprint density at radius 3 is 2.67 bits per heavy atom. The Bertz CT molecular complexity index is 204. The fraction of sp³-hybridized carbons (Fsp3) is 0.667. The summed E-state index contributed by atoms with van der Waals surface area (Å²) in [7, 11) is 0. The normalized spacial score (nSPS) is 30.6. The molecule has 0 aromatic carbocycles. The predicted molar refractivity (Wildman–Crippen MR) is 44.9 cm³/mol. The molecule has 1 fully saturated rings. The smallest absolute Gasteiger partial charge is 0.300 e. The molecule has 68 valence electrons. The van der Waals surface area contributed by atoms with Crippen molar-refractivity contribution in [1.82, 2.24) is 0 Å². The van der Waals surface area contributed by atoms with Crippen LogP contribution in [0.25, 0.3) is 0 Å². The molecule has 3 heteroatoms. The molecule has 0 spiro atoms. The highest BCUT2D eigenvalue weighted by molar-refractivity contribution is 5.62. The Labute approximate surface area is 71.7 Å². The number of fused-ring (bicyclic) bond motifs is 1. The number of aliphatic carboxylic acids is 1. The molecule has 0 aliphatic heterocycles. The molecule has 2 unspecified atom stereocenters. The van der Waals surface area contributed by atoms with E-state index in [0.29, 0.717) is 11.7 Å². The summed E-state index contributed by atoms with van der Waals surface area (Å²) in [6, 6.07) is 0. The maximum absolute atomic E-state index is 9.08. The van der Waals surface area contributed by atoms with Crippen LogP contribution in [0.3, 0.4) is 0 Å². The van der Waals surface area contributed by atoms with Crippen LogP contribution in [-0.2, 0) is 4.79 Å². The van der Waals surface area contributed by atoms with Gasteiger partial charge in [0, 0.05) is 12.8 Å². The lowest BCUT2D eigenvalue weighted by Crippen LogP contribution is -1.93. The van der Waals surface area contributed by atoms with E-state index in [1.807, 2.05) is 6.08 Å². The second-order valence-corrected chi connectivity index (χ2v) is 3.33. The highest BCUT2D eigenvalue weighted by atomic mass is 16.4. The summed E-state index contributed by atoms with van der Waals surface area (Å²) in [5, 5.41) is 16.5. The monoisotopic (exact) mass is 170 g/mol. The number of carboxylic acids is 1. The minimum absolute atomic E-state index is 0.587. The Balaban J connectivity index is 0.000000157. The number of aliphatic hydroxyl groups is 1. The lowest BCUT2D eigenvalue weighted by molar-refractivity contribution is -0.134. The second-order valence-electron chi connectivity index (χ2n) is 3.33. The third-order valence-electron chi connectivity index (χ3n) is 2.19. The lowest BCUT2D eigenvalue weighted by atomic mass is 10.1. The number of carboxylic acid groups (broad SMARTS) is 1. The zero-order valence-corrected chi connectivity index (χ0v) is 7.16. The number of aliphatic hydroxyl groups excluding tert-OH is 1. The fourth-order valence-corrected chi connectivity index (χ4v) is 1.53. The molecule has 0 heterocycles. The van der Waals surface area contributed by atoms with Gasteiger partial charge in [-0.25, -0.2) is 0 Å². The van der Waals surface area contributed by atoms with E-state index in [9.17, 15) is 0 Å². The topological polar surface area (TPSA) is 57.5 Å². The van der Waals surface area contributed by atoms with Gasteiger partial charge in [-0.2, -0.15) is 0 Å². The number of hydrogen-bond donors (Lipinski definition) is 2. The molecule has 3 nitrogen and oxygen atoms in total. The van der Waals surface area contributed by atoms with Crippen LogP contribution in [0.1, 0.15) is 26.2 Å². The van der Waals surface area contributed by atoms with Crippen LogP contribution < -0.4 is 0 Å². The first-order valence-electron chi connectivity index (χ1n) is 4.20. The number of hydrogen-bond acceptors (Lipinski definition) is 2. The van der Waals surface area contributed by atoms with Gasteiger partial charge in [-0.15, -0.1) is 0 Å². The first-order chi connectivity index (χ1) is 5.61. The van der Waals surface area contributed by atoms with Gasteiger partial charge in [-0.1, -0.05) is 0 Å². The van der Waals surface area contributed by atoms with Crippen LogP contribution in [0.4, 0.5) is 0 Å². The van der Waals surface area contributed by atoms with Gasteiger partial charge in [0.1, 0.15) is 0 Å². The van der Waals surface area contributed by atoms with Crippen LogP contribution >= 0.6 is 0 Å². The van der Waals surface area contributed by atoms with E-state index in [4.69, 9.17) is 15.0 Å². The first kappa shape index (κ1) is 9.10. The molecule has 12 heavy (non-hydrogen) atoms. The number of carbonyl (C=O) groups is 1. The summed E-state index contributed by atoms with van der Waals surface area (Å²) >= 11 is 0. The second kappa shape index (κ2) is 3.61. The molecule has 0 aromatic heterocycles. The Hall–Kier alpha value is -0.990. The third kappa shape index (κ3) is 2.57. The predicted octanol–water partition coefficient (Wildman–Crippen LogP) is 1.95. The zero-order valence-electron chi connectivity index (χ0n) is 7.16. The average molecular weight is 170 g/mol. The van der Waals surface area contributed by atoms with Crippen LogP contribution in [0, 0.1) is 11.8 Å². The Morgan fingerprint density at radius 2 is 2.25 bits per heavy atom. The summed E-state index contributed by atoms with van der Waals surface area (Å²) in [5.41, 5.74) is 0. The highest BCUT2D eigenvalue weighted by Gasteiger charge is 2.41. The summed E-state index contributed by atoms with van der Waals surface area (Å²) in [6.45, 7) is 1.08. The molecule has 2 rings (SSSR count). The Morgan fingerprint density at radius 1 is 1.67 bits per heavy atom. The molecular weight excluding hydrogens is 156 g/mol. The molecule has 1 saturated carbocycles. The minimum Gasteiger partial charge on any atom is -0.512 e. The summed E-state index contributed by atoms with van der Waals surface area (Å²) in [6.07, 6.45) is 5.64. The van der Waals surface area contributed by atoms with E-state index in [1.54, 1.807) is 0 Å². The molecule has 0 aromatic rings. The van der Waals surface area contributed by atoms with Gasteiger partial charge in [0.15, 0.2) is 0 Å². The quantitative estimate of drug-likeness (QED) is 0.584. The van der Waals surface area contributed by atoms with E-state index in [1.165, 1.54) is 12.8 Å². The number of allylic oxidation sites excluding steroid dienone is 2. The van der Waals surface area contributed by atoms with Crippen molar-refractivity contribution < 1.29 is 15.0 Å². The summed E-state index contributed by atoms with van der Waals surface area (Å²) in [4.78, 5) is 9.00. The molecule has 0 radical (unpaired) electrons. The van der Waals surface area contributed by atoms with Crippen LogP contribution in [0.2, 0.25) is 0 Å². The molecule has 2 aliphatic rings. The first-order valence-corrected chi connectivity index (χ1v) is 4.20.